The number of pyridine rings is 1. The predicted molar refractivity (Wildman–Crippen MR) is 86.5 cm³/mol. The first kappa shape index (κ1) is 16.0. The van der Waals surface area contributed by atoms with E-state index in [4.69, 9.17) is 9.15 Å². The standard InChI is InChI=1S/C17H18N4O3/c1-23-12-14-4-5-15(24-14)17(22)21-9-7-20(8-10-21)16-13(11-18)3-2-6-19-16/h2-6H,7-10,12H2,1H3. The number of ether oxygens (including phenoxy) is 1. The number of nitriles is 1. The maximum Gasteiger partial charge on any atom is 0.289 e. The van der Waals surface area contributed by atoms with Gasteiger partial charge in [0, 0.05) is 39.5 Å². The summed E-state index contributed by atoms with van der Waals surface area (Å²) in [5, 5.41) is 9.18. The number of amides is 1. The molecule has 0 radical (unpaired) electrons. The van der Waals surface area contributed by atoms with E-state index in [0.717, 1.165) is 0 Å². The number of aromatic nitrogens is 1. The molecule has 0 atom stereocenters. The highest BCUT2D eigenvalue weighted by Gasteiger charge is 2.25. The molecule has 124 valence electrons. The summed E-state index contributed by atoms with van der Waals surface area (Å²) in [5.41, 5.74) is 0.549. The maximum atomic E-state index is 12.5. The lowest BCUT2D eigenvalue weighted by molar-refractivity contribution is 0.0707. The summed E-state index contributed by atoms with van der Waals surface area (Å²) >= 11 is 0. The molecule has 1 aliphatic rings. The van der Waals surface area contributed by atoms with Gasteiger partial charge in [0.15, 0.2) is 5.76 Å². The van der Waals surface area contributed by atoms with Crippen LogP contribution in [0.1, 0.15) is 21.9 Å². The Balaban J connectivity index is 1.64. The van der Waals surface area contributed by atoms with Crippen LogP contribution in [0.2, 0.25) is 0 Å². The minimum absolute atomic E-state index is 0.126. The summed E-state index contributed by atoms with van der Waals surface area (Å²) in [4.78, 5) is 20.6. The van der Waals surface area contributed by atoms with E-state index in [1.807, 2.05) is 4.90 Å². The first-order valence-electron chi connectivity index (χ1n) is 7.70. The molecule has 3 rings (SSSR count). The molecule has 24 heavy (non-hydrogen) atoms. The van der Waals surface area contributed by atoms with E-state index >= 15 is 0 Å². The van der Waals surface area contributed by atoms with Gasteiger partial charge >= 0.3 is 0 Å². The number of carbonyl (C=O) groups excluding carboxylic acids is 1. The van der Waals surface area contributed by atoms with Crippen molar-refractivity contribution in [2.75, 3.05) is 38.2 Å². The van der Waals surface area contributed by atoms with Gasteiger partial charge in [-0.15, -0.1) is 0 Å². The third kappa shape index (κ3) is 3.24. The molecule has 1 aliphatic heterocycles. The zero-order valence-corrected chi connectivity index (χ0v) is 13.4. The summed E-state index contributed by atoms with van der Waals surface area (Å²) in [7, 11) is 1.58. The van der Waals surface area contributed by atoms with Crippen LogP contribution in [0, 0.1) is 11.3 Å². The fourth-order valence-corrected chi connectivity index (χ4v) is 2.73. The smallest absolute Gasteiger partial charge is 0.289 e. The molecule has 7 nitrogen and oxygen atoms in total. The number of carbonyl (C=O) groups is 1. The molecule has 0 saturated carbocycles. The molecular formula is C17H18N4O3. The van der Waals surface area contributed by atoms with Crippen LogP contribution in [-0.4, -0.2) is 49.1 Å². The van der Waals surface area contributed by atoms with Gasteiger partial charge in [-0.2, -0.15) is 5.26 Å². The van der Waals surface area contributed by atoms with Crippen molar-refractivity contribution >= 4 is 11.7 Å². The summed E-state index contributed by atoms with van der Waals surface area (Å²) in [6, 6.07) is 9.08. The fraction of sp³-hybridized carbons (Fsp3) is 0.353. The van der Waals surface area contributed by atoms with Crippen LogP contribution in [0.15, 0.2) is 34.9 Å². The largest absolute Gasteiger partial charge is 0.453 e. The van der Waals surface area contributed by atoms with E-state index in [2.05, 4.69) is 11.1 Å². The number of piperazine rings is 1. The Hall–Kier alpha value is -2.85. The Morgan fingerprint density at radius 1 is 1.33 bits per heavy atom. The number of hydrogen-bond donors (Lipinski definition) is 0. The fourth-order valence-electron chi connectivity index (χ4n) is 2.73. The van der Waals surface area contributed by atoms with Crippen LogP contribution in [0.25, 0.3) is 0 Å². The molecule has 1 saturated heterocycles. The zero-order chi connectivity index (χ0) is 16.9. The van der Waals surface area contributed by atoms with Crippen molar-refractivity contribution in [3.8, 4) is 6.07 Å². The molecule has 0 unspecified atom stereocenters. The first-order chi connectivity index (χ1) is 11.7. The monoisotopic (exact) mass is 326 g/mol. The molecule has 0 N–H and O–H groups in total. The van der Waals surface area contributed by atoms with Crippen LogP contribution in [0.3, 0.4) is 0 Å². The van der Waals surface area contributed by atoms with Crippen molar-refractivity contribution in [1.29, 1.82) is 5.26 Å². The molecular weight excluding hydrogens is 308 g/mol. The van der Waals surface area contributed by atoms with Crippen LogP contribution in [0.5, 0.6) is 0 Å². The van der Waals surface area contributed by atoms with Gasteiger partial charge in [0.1, 0.15) is 24.3 Å². The van der Waals surface area contributed by atoms with Crippen molar-refractivity contribution in [1.82, 2.24) is 9.88 Å². The summed E-state index contributed by atoms with van der Waals surface area (Å²) in [5.74, 6) is 1.50. The topological polar surface area (TPSA) is 82.6 Å². The Bertz CT molecular complexity index is 757. The van der Waals surface area contributed by atoms with Gasteiger partial charge in [-0.25, -0.2) is 4.98 Å². The first-order valence-corrected chi connectivity index (χ1v) is 7.70. The highest BCUT2D eigenvalue weighted by atomic mass is 16.5. The van der Waals surface area contributed by atoms with Crippen LogP contribution in [0.4, 0.5) is 5.82 Å². The second-order valence-electron chi connectivity index (χ2n) is 5.46. The average molecular weight is 326 g/mol. The number of hydrogen-bond acceptors (Lipinski definition) is 6. The Labute approximate surface area is 140 Å². The van der Waals surface area contributed by atoms with Crippen LogP contribution < -0.4 is 4.90 Å². The summed E-state index contributed by atoms with van der Waals surface area (Å²) < 4.78 is 10.5. The van der Waals surface area contributed by atoms with Gasteiger partial charge in [-0.1, -0.05) is 0 Å². The highest BCUT2D eigenvalue weighted by Crippen LogP contribution is 2.19. The zero-order valence-electron chi connectivity index (χ0n) is 13.4. The lowest BCUT2D eigenvalue weighted by Gasteiger charge is -2.35. The van der Waals surface area contributed by atoms with Crippen molar-refractivity contribution in [3.63, 3.8) is 0 Å². The lowest BCUT2D eigenvalue weighted by atomic mass is 10.2. The Morgan fingerprint density at radius 2 is 2.12 bits per heavy atom. The molecule has 2 aromatic rings. The third-order valence-corrected chi connectivity index (χ3v) is 3.93. The van der Waals surface area contributed by atoms with E-state index in [1.54, 1.807) is 42.5 Å². The predicted octanol–water partition coefficient (Wildman–Crippen LogP) is 1.66. The average Bonchev–Trinajstić information content (AvgIpc) is 3.10. The van der Waals surface area contributed by atoms with Crippen molar-refractivity contribution in [3.05, 3.63) is 47.5 Å². The van der Waals surface area contributed by atoms with E-state index in [1.165, 1.54) is 0 Å². The van der Waals surface area contributed by atoms with Crippen molar-refractivity contribution in [2.24, 2.45) is 0 Å². The molecule has 7 heteroatoms. The van der Waals surface area contributed by atoms with E-state index in [9.17, 15) is 10.1 Å². The summed E-state index contributed by atoms with van der Waals surface area (Å²) in [6.07, 6.45) is 1.67. The van der Waals surface area contributed by atoms with Gasteiger partial charge in [-0.05, 0) is 24.3 Å². The lowest BCUT2D eigenvalue weighted by Crippen LogP contribution is -2.49. The van der Waals surface area contributed by atoms with Gasteiger partial charge in [0.2, 0.25) is 0 Å². The van der Waals surface area contributed by atoms with E-state index in [0.29, 0.717) is 55.7 Å². The molecule has 1 amide bonds. The van der Waals surface area contributed by atoms with E-state index in [-0.39, 0.29) is 5.91 Å². The van der Waals surface area contributed by atoms with Crippen LogP contribution >= 0.6 is 0 Å². The van der Waals surface area contributed by atoms with Gasteiger partial charge in [-0.3, -0.25) is 4.79 Å². The molecule has 3 heterocycles. The van der Waals surface area contributed by atoms with E-state index < -0.39 is 0 Å². The highest BCUT2D eigenvalue weighted by molar-refractivity contribution is 5.91. The number of anilines is 1. The van der Waals surface area contributed by atoms with Crippen LogP contribution in [-0.2, 0) is 11.3 Å². The molecule has 0 spiro atoms. The second kappa shape index (κ2) is 7.15. The quantitative estimate of drug-likeness (QED) is 0.850. The minimum atomic E-state index is -0.126. The molecule has 0 bridgehead atoms. The number of furan rings is 1. The van der Waals surface area contributed by atoms with Crippen molar-refractivity contribution < 1.29 is 13.9 Å². The maximum absolute atomic E-state index is 12.5. The second-order valence-corrected chi connectivity index (χ2v) is 5.46. The SMILES string of the molecule is COCc1ccc(C(=O)N2CCN(c3ncccc3C#N)CC2)o1. The molecule has 1 fully saturated rings. The molecule has 0 aromatic carbocycles. The third-order valence-electron chi connectivity index (χ3n) is 3.93. The van der Waals surface area contributed by atoms with Gasteiger partial charge in [0.25, 0.3) is 5.91 Å². The van der Waals surface area contributed by atoms with Gasteiger partial charge < -0.3 is 19.0 Å². The normalized spacial score (nSPS) is 14.5. The Morgan fingerprint density at radius 3 is 2.83 bits per heavy atom. The molecule has 0 aliphatic carbocycles. The Kier molecular flexibility index (Phi) is 4.77. The van der Waals surface area contributed by atoms with Crippen molar-refractivity contribution in [2.45, 2.75) is 6.61 Å². The number of nitrogens with zero attached hydrogens (tertiary/aromatic N) is 4. The summed E-state index contributed by atoms with van der Waals surface area (Å²) in [6.45, 7) is 2.71. The van der Waals surface area contributed by atoms with Gasteiger partial charge in [0.05, 0.1) is 5.56 Å². The number of rotatable bonds is 4. The number of methoxy groups -OCH3 is 1. The minimum Gasteiger partial charge on any atom is -0.453 e. The molecule has 2 aromatic heterocycles.